The molecule has 2 N–H and O–H groups in total. The van der Waals surface area contributed by atoms with E-state index in [4.69, 9.17) is 19.2 Å². The summed E-state index contributed by atoms with van der Waals surface area (Å²) in [5, 5.41) is 6.81. The van der Waals surface area contributed by atoms with Gasteiger partial charge in [0.05, 0.1) is 7.11 Å². The Morgan fingerprint density at radius 1 is 1.19 bits per heavy atom. The van der Waals surface area contributed by atoms with E-state index in [-0.39, 0.29) is 24.0 Å². The van der Waals surface area contributed by atoms with Crippen LogP contribution in [-0.4, -0.2) is 72.2 Å². The molecule has 0 bridgehead atoms. The topological polar surface area (TPSA) is 67.4 Å². The van der Waals surface area contributed by atoms with Crippen LogP contribution in [0.5, 0.6) is 5.75 Å². The molecule has 182 valence electrons. The monoisotopic (exact) mass is 560 g/mol. The van der Waals surface area contributed by atoms with Gasteiger partial charge < -0.3 is 29.7 Å². The first-order valence-corrected chi connectivity index (χ1v) is 11.8. The van der Waals surface area contributed by atoms with E-state index in [2.05, 4.69) is 40.7 Å². The van der Waals surface area contributed by atoms with Crippen LogP contribution in [0, 0.1) is 11.8 Å². The summed E-state index contributed by atoms with van der Waals surface area (Å²) >= 11 is 0. The number of nitrogens with zero attached hydrogens (tertiary/aromatic N) is 2. The van der Waals surface area contributed by atoms with E-state index in [1.807, 2.05) is 6.07 Å². The molecule has 0 radical (unpaired) electrons. The molecule has 1 atom stereocenters. The average Bonchev–Trinajstić information content (AvgIpc) is 3.29. The zero-order valence-electron chi connectivity index (χ0n) is 19.7. The summed E-state index contributed by atoms with van der Waals surface area (Å²) in [5.74, 6) is 3.06. The quantitative estimate of drug-likeness (QED) is 0.187. The van der Waals surface area contributed by atoms with Crippen molar-refractivity contribution in [2.24, 2.45) is 16.8 Å². The summed E-state index contributed by atoms with van der Waals surface area (Å²) in [5.41, 5.74) is 1.23. The van der Waals surface area contributed by atoms with Crippen LogP contribution < -0.4 is 20.3 Å². The molecule has 0 amide bonds. The number of methoxy groups -OCH3 is 1. The summed E-state index contributed by atoms with van der Waals surface area (Å²) in [7, 11) is 1.72. The highest BCUT2D eigenvalue weighted by Gasteiger charge is 2.23. The third-order valence-electron chi connectivity index (χ3n) is 6.01. The van der Waals surface area contributed by atoms with Crippen molar-refractivity contribution < 1.29 is 14.2 Å². The summed E-state index contributed by atoms with van der Waals surface area (Å²) in [6.07, 6.45) is 4.42. The summed E-state index contributed by atoms with van der Waals surface area (Å²) < 4.78 is 16.6. The molecule has 3 rings (SSSR count). The predicted molar refractivity (Wildman–Crippen MR) is 142 cm³/mol. The maximum absolute atomic E-state index is 5.86. The Morgan fingerprint density at radius 3 is 2.81 bits per heavy atom. The van der Waals surface area contributed by atoms with E-state index in [9.17, 15) is 0 Å². The Balaban J connectivity index is 0.00000363. The zero-order chi connectivity index (χ0) is 21.7. The number of guanidine groups is 1. The molecule has 0 saturated carbocycles. The second-order valence-corrected chi connectivity index (χ2v) is 8.43. The fraction of sp³-hybridized carbons (Fsp3) is 0.708. The maximum Gasteiger partial charge on any atom is 0.191 e. The molecule has 2 aliphatic rings. The van der Waals surface area contributed by atoms with Crippen molar-refractivity contribution in [2.45, 2.75) is 32.6 Å². The van der Waals surface area contributed by atoms with Gasteiger partial charge in [-0.1, -0.05) is 6.07 Å². The minimum atomic E-state index is 0. The Bertz CT molecular complexity index is 670. The van der Waals surface area contributed by atoms with Gasteiger partial charge in [-0.3, -0.25) is 4.99 Å². The van der Waals surface area contributed by atoms with E-state index in [0.717, 1.165) is 90.1 Å². The number of benzene rings is 1. The molecule has 8 heteroatoms. The van der Waals surface area contributed by atoms with Crippen LogP contribution in [0.15, 0.2) is 29.3 Å². The van der Waals surface area contributed by atoms with Gasteiger partial charge in [-0.05, 0) is 56.6 Å². The molecule has 2 fully saturated rings. The zero-order valence-corrected chi connectivity index (χ0v) is 22.0. The van der Waals surface area contributed by atoms with Crippen LogP contribution >= 0.6 is 24.0 Å². The number of aliphatic imine (C=N–C) groups is 1. The van der Waals surface area contributed by atoms with E-state index >= 15 is 0 Å². The highest BCUT2D eigenvalue weighted by molar-refractivity contribution is 14.0. The smallest absolute Gasteiger partial charge is 0.191 e. The van der Waals surface area contributed by atoms with Crippen molar-refractivity contribution in [3.05, 3.63) is 24.3 Å². The minimum Gasteiger partial charge on any atom is -0.497 e. The second kappa shape index (κ2) is 15.6. The summed E-state index contributed by atoms with van der Waals surface area (Å²) in [6.45, 7) is 10.2. The lowest BCUT2D eigenvalue weighted by molar-refractivity contribution is 0.0203. The minimum absolute atomic E-state index is 0. The molecular formula is C24H41IN4O3. The molecule has 2 heterocycles. The third-order valence-corrected chi connectivity index (χ3v) is 6.01. The lowest BCUT2D eigenvalue weighted by Gasteiger charge is -2.21. The van der Waals surface area contributed by atoms with Gasteiger partial charge in [0.2, 0.25) is 0 Å². The number of anilines is 1. The fourth-order valence-corrected chi connectivity index (χ4v) is 4.13. The Hall–Kier alpha value is -1.26. The van der Waals surface area contributed by atoms with E-state index in [0.29, 0.717) is 11.8 Å². The highest BCUT2D eigenvalue weighted by atomic mass is 127. The molecule has 2 aliphatic heterocycles. The largest absolute Gasteiger partial charge is 0.497 e. The average molecular weight is 561 g/mol. The Morgan fingerprint density at radius 2 is 2.03 bits per heavy atom. The van der Waals surface area contributed by atoms with Crippen molar-refractivity contribution in [3.8, 4) is 5.75 Å². The molecule has 32 heavy (non-hydrogen) atoms. The standard InChI is InChI=1S/C24H40N4O3.HI/c1-3-25-24(26-11-5-13-31-19-20-9-14-30-15-10-20)27-17-21-8-12-28(18-21)22-6-4-7-23(16-22)29-2;/h4,6-7,16,20-21H,3,5,8-15,17-19H2,1-2H3,(H2,25,26,27);1H. The maximum atomic E-state index is 5.86. The highest BCUT2D eigenvalue weighted by Crippen LogP contribution is 2.27. The number of halogens is 1. The van der Waals surface area contributed by atoms with Crippen LogP contribution in [-0.2, 0) is 9.47 Å². The van der Waals surface area contributed by atoms with Gasteiger partial charge in [-0.15, -0.1) is 24.0 Å². The molecule has 1 aromatic rings. The summed E-state index contributed by atoms with van der Waals surface area (Å²) in [6, 6.07) is 8.32. The molecular weight excluding hydrogens is 519 g/mol. The van der Waals surface area contributed by atoms with Crippen molar-refractivity contribution in [1.82, 2.24) is 10.6 Å². The van der Waals surface area contributed by atoms with Gasteiger partial charge in [0, 0.05) is 70.9 Å². The van der Waals surface area contributed by atoms with E-state index < -0.39 is 0 Å². The third kappa shape index (κ3) is 9.31. The first-order chi connectivity index (χ1) is 15.3. The van der Waals surface area contributed by atoms with Crippen LogP contribution in [0.2, 0.25) is 0 Å². The first kappa shape index (κ1) is 27.0. The predicted octanol–water partition coefficient (Wildman–Crippen LogP) is 3.53. The van der Waals surface area contributed by atoms with Crippen LogP contribution in [0.3, 0.4) is 0 Å². The molecule has 0 aromatic heterocycles. The lowest BCUT2D eigenvalue weighted by Crippen LogP contribution is -2.38. The van der Waals surface area contributed by atoms with Crippen LogP contribution in [0.1, 0.15) is 32.6 Å². The van der Waals surface area contributed by atoms with Crippen LogP contribution in [0.25, 0.3) is 0 Å². The molecule has 2 saturated heterocycles. The van der Waals surface area contributed by atoms with Crippen molar-refractivity contribution in [2.75, 3.05) is 71.2 Å². The number of hydrogen-bond donors (Lipinski definition) is 2. The molecule has 7 nitrogen and oxygen atoms in total. The van der Waals surface area contributed by atoms with Gasteiger partial charge in [0.25, 0.3) is 0 Å². The van der Waals surface area contributed by atoms with Crippen LogP contribution in [0.4, 0.5) is 5.69 Å². The number of rotatable bonds is 11. The van der Waals surface area contributed by atoms with Gasteiger partial charge in [-0.2, -0.15) is 0 Å². The normalized spacial score (nSPS) is 19.5. The first-order valence-electron chi connectivity index (χ1n) is 11.8. The molecule has 1 unspecified atom stereocenters. The molecule has 0 spiro atoms. The second-order valence-electron chi connectivity index (χ2n) is 8.43. The number of ether oxygens (including phenoxy) is 3. The van der Waals surface area contributed by atoms with Gasteiger partial charge >= 0.3 is 0 Å². The van der Waals surface area contributed by atoms with Gasteiger partial charge in [-0.25, -0.2) is 0 Å². The molecule has 1 aromatic carbocycles. The van der Waals surface area contributed by atoms with Crippen molar-refractivity contribution in [1.29, 1.82) is 0 Å². The Labute approximate surface area is 210 Å². The van der Waals surface area contributed by atoms with E-state index in [1.54, 1.807) is 7.11 Å². The van der Waals surface area contributed by atoms with Crippen molar-refractivity contribution >= 4 is 35.6 Å². The van der Waals surface area contributed by atoms with E-state index in [1.165, 1.54) is 12.1 Å². The number of nitrogens with one attached hydrogen (secondary N) is 2. The Kier molecular flexibility index (Phi) is 13.1. The SMILES string of the molecule is CCNC(=NCC1CCN(c2cccc(OC)c2)C1)NCCCOCC1CCOCC1.I. The van der Waals surface area contributed by atoms with Gasteiger partial charge in [0.1, 0.15) is 5.75 Å². The fourth-order valence-electron chi connectivity index (χ4n) is 4.13. The lowest BCUT2D eigenvalue weighted by atomic mass is 10.0. The van der Waals surface area contributed by atoms with Crippen molar-refractivity contribution in [3.63, 3.8) is 0 Å². The number of hydrogen-bond acceptors (Lipinski definition) is 5. The summed E-state index contributed by atoms with van der Waals surface area (Å²) in [4.78, 5) is 7.27. The van der Waals surface area contributed by atoms with Gasteiger partial charge in [0.15, 0.2) is 5.96 Å². The molecule has 0 aliphatic carbocycles.